The van der Waals surface area contributed by atoms with E-state index in [1.807, 2.05) is 68.4 Å². The van der Waals surface area contributed by atoms with Gasteiger partial charge in [0.15, 0.2) is 0 Å². The van der Waals surface area contributed by atoms with Gasteiger partial charge in [0.2, 0.25) is 0 Å². The third kappa shape index (κ3) is 7.31. The fourth-order valence-corrected chi connectivity index (χ4v) is 2.18. The van der Waals surface area contributed by atoms with E-state index in [-0.39, 0.29) is 5.41 Å². The van der Waals surface area contributed by atoms with Crippen LogP contribution in [0, 0.1) is 5.41 Å². The largest absolute Gasteiger partial charge is 0.457 e. The van der Waals surface area contributed by atoms with Gasteiger partial charge in [-0.1, -0.05) is 56.3 Å². The third-order valence-corrected chi connectivity index (χ3v) is 3.39. The van der Waals surface area contributed by atoms with Crippen molar-refractivity contribution in [3.8, 4) is 11.5 Å². The molecule has 0 heterocycles. The van der Waals surface area contributed by atoms with Gasteiger partial charge in [0.25, 0.3) is 6.08 Å². The first-order chi connectivity index (χ1) is 11.9. The molecule has 0 amide bonds. The van der Waals surface area contributed by atoms with Gasteiger partial charge in [0.05, 0.1) is 13.2 Å². The normalized spacial score (nSPS) is 11.5. The molecule has 4 heteroatoms. The molecule has 2 aromatic rings. The lowest BCUT2D eigenvalue weighted by molar-refractivity contribution is 0.0716. The second-order valence-corrected chi connectivity index (χ2v) is 6.36. The predicted molar refractivity (Wildman–Crippen MR) is 95.8 cm³/mol. The number of rotatable bonds is 8. The molecule has 0 N–H and O–H groups in total. The SMILES string of the molecule is CC(C)(C=CC=C(F)F)COCc1cccc(Oc2ccccc2)c1. The van der Waals surface area contributed by atoms with E-state index in [4.69, 9.17) is 9.47 Å². The molecule has 0 radical (unpaired) electrons. The maximum absolute atomic E-state index is 12.0. The average molecular weight is 344 g/mol. The Kier molecular flexibility index (Phi) is 6.90. The highest BCUT2D eigenvalue weighted by Gasteiger charge is 2.13. The van der Waals surface area contributed by atoms with Crippen LogP contribution in [0.2, 0.25) is 0 Å². The Hall–Kier alpha value is -2.46. The maximum Gasteiger partial charge on any atom is 0.270 e. The molecule has 2 nitrogen and oxygen atoms in total. The molecule has 0 aliphatic rings. The van der Waals surface area contributed by atoms with Crippen LogP contribution < -0.4 is 4.74 Å². The van der Waals surface area contributed by atoms with E-state index in [0.717, 1.165) is 23.1 Å². The summed E-state index contributed by atoms with van der Waals surface area (Å²) in [6.07, 6.45) is 2.14. The first-order valence-electron chi connectivity index (χ1n) is 8.05. The maximum atomic E-state index is 12.0. The fourth-order valence-electron chi connectivity index (χ4n) is 2.18. The highest BCUT2D eigenvalue weighted by atomic mass is 19.3. The Balaban J connectivity index is 1.88. The van der Waals surface area contributed by atoms with Crippen LogP contribution in [0.3, 0.4) is 0 Å². The van der Waals surface area contributed by atoms with Gasteiger partial charge in [0, 0.05) is 11.5 Å². The van der Waals surface area contributed by atoms with Gasteiger partial charge in [-0.25, -0.2) is 0 Å². The molecule has 132 valence electrons. The number of halogens is 2. The molecule has 2 rings (SSSR count). The molecular formula is C21H22F2O2. The first-order valence-corrected chi connectivity index (χ1v) is 8.05. The van der Waals surface area contributed by atoms with Crippen LogP contribution in [-0.2, 0) is 11.3 Å². The summed E-state index contributed by atoms with van der Waals surface area (Å²) in [6.45, 7) is 4.72. The van der Waals surface area contributed by atoms with Gasteiger partial charge >= 0.3 is 0 Å². The zero-order chi connectivity index (χ0) is 18.1. The topological polar surface area (TPSA) is 18.5 Å². The summed E-state index contributed by atoms with van der Waals surface area (Å²) in [6, 6.07) is 17.3. The molecule has 0 spiro atoms. The van der Waals surface area contributed by atoms with Crippen LogP contribution in [0.5, 0.6) is 11.5 Å². The van der Waals surface area contributed by atoms with Crippen molar-refractivity contribution in [1.82, 2.24) is 0 Å². The number of ether oxygens (including phenoxy) is 2. The Bertz CT molecular complexity index is 718. The van der Waals surface area contributed by atoms with Crippen LogP contribution in [0.25, 0.3) is 0 Å². The number of allylic oxidation sites excluding steroid dienone is 2. The highest BCUT2D eigenvalue weighted by molar-refractivity contribution is 5.33. The molecule has 0 saturated heterocycles. The summed E-state index contributed by atoms with van der Waals surface area (Å²) in [5, 5.41) is 0. The minimum atomic E-state index is -1.71. The second-order valence-electron chi connectivity index (χ2n) is 6.36. The Morgan fingerprint density at radius 3 is 2.44 bits per heavy atom. The second kappa shape index (κ2) is 9.14. The summed E-state index contributed by atoms with van der Waals surface area (Å²) in [4.78, 5) is 0. The van der Waals surface area contributed by atoms with Crippen molar-refractivity contribution in [2.24, 2.45) is 5.41 Å². The van der Waals surface area contributed by atoms with E-state index in [9.17, 15) is 8.78 Å². The summed E-state index contributed by atoms with van der Waals surface area (Å²) in [5.74, 6) is 1.52. The van der Waals surface area contributed by atoms with Gasteiger partial charge in [0.1, 0.15) is 11.5 Å². The van der Waals surface area contributed by atoms with E-state index in [0.29, 0.717) is 13.2 Å². The molecule has 0 bridgehead atoms. The molecule has 0 unspecified atom stereocenters. The minimum absolute atomic E-state index is 0.329. The van der Waals surface area contributed by atoms with Crippen LogP contribution in [-0.4, -0.2) is 6.61 Å². The van der Waals surface area contributed by atoms with E-state index in [1.54, 1.807) is 6.08 Å². The van der Waals surface area contributed by atoms with E-state index in [1.165, 1.54) is 6.08 Å². The molecule has 2 aromatic carbocycles. The lowest BCUT2D eigenvalue weighted by Gasteiger charge is -2.20. The number of hydrogen-bond donors (Lipinski definition) is 0. The summed E-state index contributed by atoms with van der Waals surface area (Å²) in [7, 11) is 0. The predicted octanol–water partition coefficient (Wildman–Crippen LogP) is 6.36. The van der Waals surface area contributed by atoms with Gasteiger partial charge in [-0.3, -0.25) is 0 Å². The third-order valence-electron chi connectivity index (χ3n) is 3.39. The van der Waals surface area contributed by atoms with Crippen molar-refractivity contribution in [3.05, 3.63) is 84.5 Å². The summed E-state index contributed by atoms with van der Waals surface area (Å²) < 4.78 is 35.6. The van der Waals surface area contributed by atoms with E-state index >= 15 is 0 Å². The zero-order valence-electron chi connectivity index (χ0n) is 14.4. The standard InChI is InChI=1S/C21H22F2O2/c1-21(2,13-7-12-20(22)23)16-24-15-17-8-6-11-19(14-17)25-18-9-4-3-5-10-18/h3-14H,15-16H2,1-2H3. The van der Waals surface area contributed by atoms with E-state index < -0.39 is 6.08 Å². The molecule has 0 fully saturated rings. The van der Waals surface area contributed by atoms with Crippen LogP contribution in [0.15, 0.2) is 78.9 Å². The van der Waals surface area contributed by atoms with Crippen molar-refractivity contribution in [1.29, 1.82) is 0 Å². The zero-order valence-corrected chi connectivity index (χ0v) is 14.4. The quantitative estimate of drug-likeness (QED) is 0.519. The van der Waals surface area contributed by atoms with Crippen molar-refractivity contribution < 1.29 is 18.3 Å². The monoisotopic (exact) mass is 344 g/mol. The summed E-state index contributed by atoms with van der Waals surface area (Å²) >= 11 is 0. The van der Waals surface area contributed by atoms with Crippen molar-refractivity contribution >= 4 is 0 Å². The summed E-state index contributed by atoms with van der Waals surface area (Å²) in [5.41, 5.74) is 0.660. The number of hydrogen-bond acceptors (Lipinski definition) is 2. The van der Waals surface area contributed by atoms with Crippen molar-refractivity contribution in [2.75, 3.05) is 6.61 Å². The molecule has 0 aliphatic heterocycles. The Morgan fingerprint density at radius 2 is 1.72 bits per heavy atom. The molecule has 0 saturated carbocycles. The number of para-hydroxylation sites is 1. The highest BCUT2D eigenvalue weighted by Crippen LogP contribution is 2.23. The minimum Gasteiger partial charge on any atom is -0.457 e. The van der Waals surface area contributed by atoms with Gasteiger partial charge < -0.3 is 9.47 Å². The van der Waals surface area contributed by atoms with Crippen LogP contribution in [0.1, 0.15) is 19.4 Å². The van der Waals surface area contributed by atoms with Crippen LogP contribution >= 0.6 is 0 Å². The van der Waals surface area contributed by atoms with E-state index in [2.05, 4.69) is 0 Å². The van der Waals surface area contributed by atoms with Gasteiger partial charge in [-0.15, -0.1) is 0 Å². The first kappa shape index (κ1) is 18.9. The Morgan fingerprint density at radius 1 is 1.00 bits per heavy atom. The molecule has 25 heavy (non-hydrogen) atoms. The molecule has 0 aliphatic carbocycles. The average Bonchev–Trinajstić information content (AvgIpc) is 2.55. The van der Waals surface area contributed by atoms with Gasteiger partial charge in [-0.05, 0) is 29.8 Å². The van der Waals surface area contributed by atoms with Gasteiger partial charge in [-0.2, -0.15) is 8.78 Å². The van der Waals surface area contributed by atoms with Crippen LogP contribution in [0.4, 0.5) is 8.78 Å². The number of benzene rings is 2. The fraction of sp³-hybridized carbons (Fsp3) is 0.238. The smallest absolute Gasteiger partial charge is 0.270 e. The lowest BCUT2D eigenvalue weighted by atomic mass is 9.94. The lowest BCUT2D eigenvalue weighted by Crippen LogP contribution is -2.16. The molecular weight excluding hydrogens is 322 g/mol. The molecule has 0 aromatic heterocycles. The van der Waals surface area contributed by atoms with Crippen molar-refractivity contribution in [3.63, 3.8) is 0 Å². The molecule has 0 atom stereocenters. The van der Waals surface area contributed by atoms with Crippen molar-refractivity contribution in [2.45, 2.75) is 20.5 Å². The Labute approximate surface area is 147 Å².